The monoisotopic (exact) mass is 214 g/mol. The average Bonchev–Trinajstić information content (AvgIpc) is 2.23. The van der Waals surface area contributed by atoms with Gasteiger partial charge in [0.05, 0.1) is 0 Å². The summed E-state index contributed by atoms with van der Waals surface area (Å²) in [5, 5.41) is 8.34. The van der Waals surface area contributed by atoms with Crippen molar-refractivity contribution in [1.82, 2.24) is 0 Å². The summed E-state index contributed by atoms with van der Waals surface area (Å²) in [4.78, 5) is 21.5. The Morgan fingerprint density at radius 2 is 1.60 bits per heavy atom. The van der Waals surface area contributed by atoms with Gasteiger partial charge in [-0.15, -0.1) is 0 Å². The van der Waals surface area contributed by atoms with Gasteiger partial charge in [0.2, 0.25) is 0 Å². The lowest BCUT2D eigenvalue weighted by Crippen LogP contribution is -2.32. The minimum atomic E-state index is -1.15. The van der Waals surface area contributed by atoms with E-state index in [1.165, 1.54) is 0 Å². The van der Waals surface area contributed by atoms with E-state index in [0.29, 0.717) is 0 Å². The zero-order valence-corrected chi connectivity index (χ0v) is 9.45. The SMILES string of the molecule is CCC(CC)(CC)OC(=O)/C=C/C(=O)O. The molecule has 0 bridgehead atoms. The number of aliphatic carboxylic acids is 1. The Morgan fingerprint density at radius 3 is 1.93 bits per heavy atom. The highest BCUT2D eigenvalue weighted by molar-refractivity contribution is 5.90. The highest BCUT2D eigenvalue weighted by Crippen LogP contribution is 2.24. The summed E-state index contributed by atoms with van der Waals surface area (Å²) in [6.07, 6.45) is 3.91. The van der Waals surface area contributed by atoms with Crippen molar-refractivity contribution < 1.29 is 19.4 Å². The van der Waals surface area contributed by atoms with Gasteiger partial charge in [-0.1, -0.05) is 20.8 Å². The molecule has 0 radical (unpaired) electrons. The average molecular weight is 214 g/mol. The molecule has 86 valence electrons. The van der Waals surface area contributed by atoms with Gasteiger partial charge in [-0.05, 0) is 19.3 Å². The number of hydrogen-bond acceptors (Lipinski definition) is 3. The third-order valence-electron chi connectivity index (χ3n) is 2.61. The summed E-state index contributed by atoms with van der Waals surface area (Å²) in [7, 11) is 0. The summed E-state index contributed by atoms with van der Waals surface area (Å²) >= 11 is 0. The summed E-state index contributed by atoms with van der Waals surface area (Å²) in [5.74, 6) is -1.75. The van der Waals surface area contributed by atoms with Crippen LogP contribution in [0.25, 0.3) is 0 Å². The molecule has 0 aliphatic heterocycles. The third kappa shape index (κ3) is 4.63. The largest absolute Gasteiger partial charge is 0.478 e. The maximum Gasteiger partial charge on any atom is 0.331 e. The molecule has 0 atom stereocenters. The first kappa shape index (κ1) is 13.7. The molecule has 4 nitrogen and oxygen atoms in total. The second-order valence-electron chi connectivity index (χ2n) is 3.34. The zero-order chi connectivity index (χ0) is 11.9. The first-order chi connectivity index (χ1) is 6.99. The van der Waals surface area contributed by atoms with E-state index in [9.17, 15) is 9.59 Å². The zero-order valence-electron chi connectivity index (χ0n) is 9.45. The molecule has 0 unspecified atom stereocenters. The number of carboxylic acid groups (broad SMARTS) is 1. The third-order valence-corrected chi connectivity index (χ3v) is 2.61. The first-order valence-electron chi connectivity index (χ1n) is 5.13. The molecule has 0 aliphatic rings. The van der Waals surface area contributed by atoms with Crippen LogP contribution in [0.4, 0.5) is 0 Å². The molecule has 0 amide bonds. The Kier molecular flexibility index (Phi) is 5.67. The molecule has 4 heteroatoms. The van der Waals surface area contributed by atoms with E-state index < -0.39 is 17.5 Å². The Bertz CT molecular complexity index is 243. The molecule has 0 aliphatic carbocycles. The van der Waals surface area contributed by atoms with Crippen LogP contribution in [0.1, 0.15) is 40.0 Å². The molecule has 0 aromatic rings. The van der Waals surface area contributed by atoms with E-state index in [0.717, 1.165) is 31.4 Å². The van der Waals surface area contributed by atoms with E-state index in [2.05, 4.69) is 0 Å². The molecule has 0 aromatic heterocycles. The molecule has 15 heavy (non-hydrogen) atoms. The molecule has 0 spiro atoms. The second-order valence-corrected chi connectivity index (χ2v) is 3.34. The van der Waals surface area contributed by atoms with Crippen LogP contribution < -0.4 is 0 Å². The van der Waals surface area contributed by atoms with E-state index in [1.54, 1.807) is 0 Å². The van der Waals surface area contributed by atoms with Crippen LogP contribution in [0.3, 0.4) is 0 Å². The van der Waals surface area contributed by atoms with E-state index in [4.69, 9.17) is 9.84 Å². The Labute approximate surface area is 89.9 Å². The van der Waals surface area contributed by atoms with Gasteiger partial charge in [0.1, 0.15) is 5.60 Å². The molecular formula is C11H18O4. The van der Waals surface area contributed by atoms with Gasteiger partial charge < -0.3 is 9.84 Å². The number of esters is 1. The predicted molar refractivity (Wildman–Crippen MR) is 56.5 cm³/mol. The van der Waals surface area contributed by atoms with Gasteiger partial charge >= 0.3 is 11.9 Å². The van der Waals surface area contributed by atoms with Crippen molar-refractivity contribution in [3.8, 4) is 0 Å². The predicted octanol–water partition coefficient (Wildman–Crippen LogP) is 2.14. The van der Waals surface area contributed by atoms with Gasteiger partial charge in [0, 0.05) is 12.2 Å². The summed E-state index contributed by atoms with van der Waals surface area (Å²) in [6, 6.07) is 0. The summed E-state index contributed by atoms with van der Waals surface area (Å²) < 4.78 is 5.25. The lowest BCUT2D eigenvalue weighted by molar-refractivity contribution is -0.155. The highest BCUT2D eigenvalue weighted by Gasteiger charge is 2.27. The van der Waals surface area contributed by atoms with Crippen LogP contribution in [0, 0.1) is 0 Å². The molecular weight excluding hydrogens is 196 g/mol. The lowest BCUT2D eigenvalue weighted by atomic mass is 9.94. The molecule has 1 N–H and O–H groups in total. The van der Waals surface area contributed by atoms with Crippen LogP contribution >= 0.6 is 0 Å². The van der Waals surface area contributed by atoms with Crippen LogP contribution in [0.5, 0.6) is 0 Å². The van der Waals surface area contributed by atoms with Crippen LogP contribution in [-0.2, 0) is 14.3 Å². The normalized spacial score (nSPS) is 11.7. The Morgan fingerprint density at radius 1 is 1.13 bits per heavy atom. The number of rotatable bonds is 6. The first-order valence-corrected chi connectivity index (χ1v) is 5.13. The number of carboxylic acids is 1. The van der Waals surface area contributed by atoms with Crippen LogP contribution in [0.2, 0.25) is 0 Å². The summed E-state index contributed by atoms with van der Waals surface area (Å²) in [5.41, 5.74) is -0.458. The lowest BCUT2D eigenvalue weighted by Gasteiger charge is -2.29. The van der Waals surface area contributed by atoms with E-state index >= 15 is 0 Å². The molecule has 0 saturated carbocycles. The molecule has 0 rings (SSSR count). The molecule has 0 aromatic carbocycles. The van der Waals surface area contributed by atoms with Gasteiger partial charge in [0.15, 0.2) is 0 Å². The van der Waals surface area contributed by atoms with Crippen molar-refractivity contribution in [1.29, 1.82) is 0 Å². The van der Waals surface area contributed by atoms with Gasteiger partial charge in [-0.2, -0.15) is 0 Å². The van der Waals surface area contributed by atoms with Crippen molar-refractivity contribution >= 4 is 11.9 Å². The van der Waals surface area contributed by atoms with Crippen molar-refractivity contribution in [2.24, 2.45) is 0 Å². The van der Waals surface area contributed by atoms with Gasteiger partial charge in [0.25, 0.3) is 0 Å². The summed E-state index contributed by atoms with van der Waals surface area (Å²) in [6.45, 7) is 5.84. The van der Waals surface area contributed by atoms with Crippen molar-refractivity contribution in [3.05, 3.63) is 12.2 Å². The highest BCUT2D eigenvalue weighted by atomic mass is 16.6. The number of ether oxygens (including phenoxy) is 1. The fourth-order valence-electron chi connectivity index (χ4n) is 1.35. The Balaban J connectivity index is 4.42. The van der Waals surface area contributed by atoms with Crippen molar-refractivity contribution in [2.75, 3.05) is 0 Å². The maximum atomic E-state index is 11.3. The molecule has 0 fully saturated rings. The van der Waals surface area contributed by atoms with Gasteiger partial charge in [-0.3, -0.25) is 0 Å². The molecule has 0 heterocycles. The Hall–Kier alpha value is -1.32. The number of carbonyl (C=O) groups is 2. The minimum Gasteiger partial charge on any atom is -0.478 e. The topological polar surface area (TPSA) is 63.6 Å². The second kappa shape index (κ2) is 6.22. The van der Waals surface area contributed by atoms with Crippen molar-refractivity contribution in [3.63, 3.8) is 0 Å². The number of hydrogen-bond donors (Lipinski definition) is 1. The van der Waals surface area contributed by atoms with Crippen LogP contribution in [0.15, 0.2) is 12.2 Å². The van der Waals surface area contributed by atoms with E-state index in [1.807, 2.05) is 20.8 Å². The van der Waals surface area contributed by atoms with Crippen LogP contribution in [-0.4, -0.2) is 22.6 Å². The van der Waals surface area contributed by atoms with Gasteiger partial charge in [-0.25, -0.2) is 9.59 Å². The number of carbonyl (C=O) groups excluding carboxylic acids is 1. The maximum absolute atomic E-state index is 11.3. The van der Waals surface area contributed by atoms with Crippen molar-refractivity contribution in [2.45, 2.75) is 45.6 Å². The van der Waals surface area contributed by atoms with E-state index in [-0.39, 0.29) is 0 Å². The standard InChI is InChI=1S/C11H18O4/c1-4-11(5-2,6-3)15-10(14)8-7-9(12)13/h7-8H,4-6H2,1-3H3,(H,12,13)/b8-7+. The quantitative estimate of drug-likeness (QED) is 0.543. The minimum absolute atomic E-state index is 0.458. The fraction of sp³-hybridized carbons (Fsp3) is 0.636. The fourth-order valence-corrected chi connectivity index (χ4v) is 1.35. The smallest absolute Gasteiger partial charge is 0.331 e. The molecule has 0 saturated heterocycles.